The van der Waals surface area contributed by atoms with E-state index in [0.29, 0.717) is 8.96 Å². The minimum atomic E-state index is -0.831. The van der Waals surface area contributed by atoms with Crippen LogP contribution in [0.1, 0.15) is 12.8 Å². The zero-order valence-electron chi connectivity index (χ0n) is 17.9. The molecule has 174 valence electrons. The quantitative estimate of drug-likeness (QED) is 0.296. The third-order valence-electron chi connectivity index (χ3n) is 5.29. The summed E-state index contributed by atoms with van der Waals surface area (Å²) >= 11 is 6.42. The van der Waals surface area contributed by atoms with Crippen LogP contribution in [-0.4, -0.2) is 95.6 Å². The SMILES string of the molecule is C=C(Br)C[C@@H](O)[C@H]1[C@@H](OC)C(=O)N1CC#CC#CCN1C(=O)[C@H](OC)[C@@H]1[C@H](O)CC(=C)Br. The van der Waals surface area contributed by atoms with Crippen LogP contribution in [0.25, 0.3) is 0 Å². The van der Waals surface area contributed by atoms with Crippen molar-refractivity contribution in [2.24, 2.45) is 0 Å². The summed E-state index contributed by atoms with van der Waals surface area (Å²) in [6.07, 6.45) is -2.53. The molecule has 2 heterocycles. The van der Waals surface area contributed by atoms with Gasteiger partial charge >= 0.3 is 0 Å². The molecule has 2 fully saturated rings. The highest BCUT2D eigenvalue weighted by molar-refractivity contribution is 9.12. The number of carbonyl (C=O) groups is 2. The van der Waals surface area contributed by atoms with Crippen LogP contribution in [0.5, 0.6) is 0 Å². The van der Waals surface area contributed by atoms with Gasteiger partial charge in [0.15, 0.2) is 12.2 Å². The Morgan fingerprint density at radius 3 is 1.53 bits per heavy atom. The number of aliphatic hydroxyl groups excluding tert-OH is 2. The molecule has 32 heavy (non-hydrogen) atoms. The van der Waals surface area contributed by atoms with Gasteiger partial charge in [0.2, 0.25) is 0 Å². The summed E-state index contributed by atoms with van der Waals surface area (Å²) in [7, 11) is 2.84. The molecule has 6 atom stereocenters. The van der Waals surface area contributed by atoms with Crippen LogP contribution in [-0.2, 0) is 19.1 Å². The van der Waals surface area contributed by atoms with E-state index in [2.05, 4.69) is 68.7 Å². The molecule has 0 saturated carbocycles. The van der Waals surface area contributed by atoms with Gasteiger partial charge in [-0.15, -0.1) is 0 Å². The minimum Gasteiger partial charge on any atom is -0.390 e. The maximum atomic E-state index is 12.2. The van der Waals surface area contributed by atoms with Gasteiger partial charge in [0.1, 0.15) is 0 Å². The van der Waals surface area contributed by atoms with Gasteiger partial charge in [-0.1, -0.05) is 56.9 Å². The number of carbonyl (C=O) groups excluding carboxylic acids is 2. The lowest BCUT2D eigenvalue weighted by Crippen LogP contribution is -2.69. The Labute approximate surface area is 204 Å². The molecule has 0 bridgehead atoms. The minimum absolute atomic E-state index is 0.0902. The topological polar surface area (TPSA) is 99.5 Å². The first-order valence-electron chi connectivity index (χ1n) is 9.79. The van der Waals surface area contributed by atoms with Gasteiger partial charge in [-0.3, -0.25) is 9.59 Å². The van der Waals surface area contributed by atoms with Crippen molar-refractivity contribution in [1.82, 2.24) is 9.80 Å². The average molecular weight is 574 g/mol. The molecular weight excluding hydrogens is 548 g/mol. The fourth-order valence-electron chi connectivity index (χ4n) is 3.77. The van der Waals surface area contributed by atoms with Gasteiger partial charge in [-0.05, 0) is 20.8 Å². The fraction of sp³-hybridized carbons (Fsp3) is 0.545. The van der Waals surface area contributed by atoms with Crippen LogP contribution in [0.2, 0.25) is 0 Å². The summed E-state index contributed by atoms with van der Waals surface area (Å²) in [4.78, 5) is 27.2. The summed E-state index contributed by atoms with van der Waals surface area (Å²) in [6.45, 7) is 7.59. The molecule has 10 heteroatoms. The van der Waals surface area contributed by atoms with Crippen LogP contribution in [0, 0.1) is 23.7 Å². The number of β-lactam (4-membered cyclic amide) rings is 2. The van der Waals surface area contributed by atoms with E-state index < -0.39 is 36.5 Å². The standard InChI is InChI=1S/C22H26Br2N2O6/c1-13(23)11-15(27)17-19(31-3)21(29)25(17)9-7-5-6-8-10-26-18(16(28)12-14(2)24)20(32-4)22(26)30/h15-20,27-28H,1-2,9-12H2,3-4H3/t15-,16-,17+,18+,19-,20-/m1/s1. The van der Waals surface area contributed by atoms with E-state index in [1.54, 1.807) is 0 Å². The van der Waals surface area contributed by atoms with Crippen molar-refractivity contribution in [2.45, 2.75) is 49.3 Å². The highest BCUT2D eigenvalue weighted by atomic mass is 79.9. The highest BCUT2D eigenvalue weighted by Crippen LogP contribution is 2.29. The van der Waals surface area contributed by atoms with Crippen LogP contribution < -0.4 is 0 Å². The molecule has 2 aliphatic heterocycles. The lowest BCUT2D eigenvalue weighted by atomic mass is 9.90. The van der Waals surface area contributed by atoms with Crippen LogP contribution in [0.4, 0.5) is 0 Å². The van der Waals surface area contributed by atoms with E-state index in [9.17, 15) is 19.8 Å². The number of amides is 2. The second-order valence-electron chi connectivity index (χ2n) is 7.41. The molecule has 2 N–H and O–H groups in total. The molecule has 0 unspecified atom stereocenters. The smallest absolute Gasteiger partial charge is 0.255 e. The van der Waals surface area contributed by atoms with Crippen molar-refractivity contribution in [3.8, 4) is 23.7 Å². The first-order chi connectivity index (χ1) is 15.1. The van der Waals surface area contributed by atoms with E-state index in [-0.39, 0.29) is 37.7 Å². The lowest BCUT2D eigenvalue weighted by Gasteiger charge is -2.47. The molecule has 2 saturated heterocycles. The predicted octanol–water partition coefficient (Wildman–Crippen LogP) is 0.764. The number of hydrogen-bond donors (Lipinski definition) is 2. The molecule has 0 aromatic rings. The van der Waals surface area contributed by atoms with E-state index in [1.807, 2.05) is 0 Å². The van der Waals surface area contributed by atoms with Crippen molar-refractivity contribution < 1.29 is 29.3 Å². The van der Waals surface area contributed by atoms with Crippen LogP contribution >= 0.6 is 31.9 Å². The van der Waals surface area contributed by atoms with E-state index >= 15 is 0 Å². The number of hydrogen-bond acceptors (Lipinski definition) is 6. The van der Waals surface area contributed by atoms with Gasteiger partial charge in [0.05, 0.1) is 37.4 Å². The third kappa shape index (κ3) is 6.02. The maximum absolute atomic E-state index is 12.2. The van der Waals surface area contributed by atoms with E-state index in [0.717, 1.165) is 0 Å². The van der Waals surface area contributed by atoms with Gasteiger partial charge in [0.25, 0.3) is 11.8 Å². The molecule has 8 nitrogen and oxygen atoms in total. The number of likely N-dealkylation sites (tertiary alicyclic amines) is 2. The number of halogens is 2. The van der Waals surface area contributed by atoms with Gasteiger partial charge in [-0.25, -0.2) is 0 Å². The maximum Gasteiger partial charge on any atom is 0.255 e. The van der Waals surface area contributed by atoms with Crippen molar-refractivity contribution >= 4 is 43.7 Å². The molecule has 0 spiro atoms. The Bertz CT molecular complexity index is 814. The normalized spacial score (nSPS) is 26.1. The fourth-order valence-corrected chi connectivity index (χ4v) is 4.44. The molecule has 2 amide bonds. The predicted molar refractivity (Wildman–Crippen MR) is 126 cm³/mol. The van der Waals surface area contributed by atoms with Crippen molar-refractivity contribution in [3.05, 3.63) is 22.1 Å². The summed E-state index contributed by atoms with van der Waals surface area (Å²) in [6, 6.07) is -1.03. The summed E-state index contributed by atoms with van der Waals surface area (Å²) < 4.78 is 11.6. The summed E-state index contributed by atoms with van der Waals surface area (Å²) in [5.74, 6) is 10.4. The zero-order chi connectivity index (χ0) is 24.0. The number of rotatable bonds is 10. The van der Waals surface area contributed by atoms with E-state index in [1.165, 1.54) is 24.0 Å². The van der Waals surface area contributed by atoms with Crippen LogP contribution in [0.15, 0.2) is 22.1 Å². The number of methoxy groups -OCH3 is 2. The number of ether oxygens (including phenoxy) is 2. The molecule has 0 aliphatic carbocycles. The Morgan fingerprint density at radius 1 is 0.906 bits per heavy atom. The molecular formula is C22H26Br2N2O6. The summed E-state index contributed by atoms with van der Waals surface area (Å²) in [5.41, 5.74) is 0. The first kappa shape index (κ1) is 26.6. The number of aliphatic hydroxyl groups is 2. The highest BCUT2D eigenvalue weighted by Gasteiger charge is 2.51. The van der Waals surface area contributed by atoms with Crippen LogP contribution in [0.3, 0.4) is 0 Å². The largest absolute Gasteiger partial charge is 0.390 e. The number of nitrogens with zero attached hydrogens (tertiary/aromatic N) is 2. The zero-order valence-corrected chi connectivity index (χ0v) is 21.1. The van der Waals surface area contributed by atoms with Crippen molar-refractivity contribution in [2.75, 3.05) is 27.3 Å². The van der Waals surface area contributed by atoms with Gasteiger partial charge < -0.3 is 29.5 Å². The third-order valence-corrected chi connectivity index (χ3v) is 5.94. The Morgan fingerprint density at radius 2 is 1.25 bits per heavy atom. The second-order valence-corrected chi connectivity index (χ2v) is 9.65. The molecule has 2 rings (SSSR count). The Balaban J connectivity index is 1.94. The Hall–Kier alpha value is -1.66. The monoisotopic (exact) mass is 572 g/mol. The van der Waals surface area contributed by atoms with E-state index in [4.69, 9.17) is 9.47 Å². The van der Waals surface area contributed by atoms with Gasteiger partial charge in [0, 0.05) is 27.1 Å². The van der Waals surface area contributed by atoms with Crippen molar-refractivity contribution in [1.29, 1.82) is 0 Å². The Kier molecular flexibility index (Phi) is 9.96. The molecule has 0 aromatic heterocycles. The van der Waals surface area contributed by atoms with Crippen molar-refractivity contribution in [3.63, 3.8) is 0 Å². The molecule has 2 aliphatic rings. The first-order valence-corrected chi connectivity index (χ1v) is 11.4. The molecule has 0 radical (unpaired) electrons. The molecule has 0 aromatic carbocycles. The lowest BCUT2D eigenvalue weighted by molar-refractivity contribution is -0.179. The average Bonchev–Trinajstić information content (AvgIpc) is 2.70. The van der Waals surface area contributed by atoms with Gasteiger partial charge in [-0.2, -0.15) is 0 Å². The second kappa shape index (κ2) is 12.0. The summed E-state index contributed by atoms with van der Waals surface area (Å²) in [5, 5.41) is 20.7.